The molecule has 1 unspecified atom stereocenters. The number of carbonyl (C=O) groups excluding carboxylic acids is 2. The van der Waals surface area contributed by atoms with Crippen LogP contribution in [0.5, 0.6) is 0 Å². The van der Waals surface area contributed by atoms with Crippen molar-refractivity contribution >= 4 is 17.8 Å². The summed E-state index contributed by atoms with van der Waals surface area (Å²) in [6.45, 7) is 0.272. The summed E-state index contributed by atoms with van der Waals surface area (Å²) in [7, 11) is 0. The van der Waals surface area contributed by atoms with Crippen molar-refractivity contribution in [3.05, 3.63) is 30.5 Å². The van der Waals surface area contributed by atoms with Gasteiger partial charge in [0.25, 0.3) is 0 Å². The molecule has 0 saturated carbocycles. The van der Waals surface area contributed by atoms with E-state index < -0.39 is 6.04 Å². The number of aromatic nitrogens is 3. The highest BCUT2D eigenvalue weighted by atomic mass is 16.3. The first-order valence-corrected chi connectivity index (χ1v) is 5.73. The molecule has 1 aliphatic rings. The normalized spacial score (nSPS) is 17.7. The SMILES string of the molecule is O=C1CC(C(=O)NCc2ccco2)n2ncnc2N1. The highest BCUT2D eigenvalue weighted by Crippen LogP contribution is 2.21. The van der Waals surface area contributed by atoms with Gasteiger partial charge in [-0.05, 0) is 12.1 Å². The van der Waals surface area contributed by atoms with Crippen molar-refractivity contribution in [1.82, 2.24) is 20.1 Å². The average molecular weight is 261 g/mol. The maximum absolute atomic E-state index is 12.1. The molecule has 0 spiro atoms. The van der Waals surface area contributed by atoms with Crippen molar-refractivity contribution < 1.29 is 14.0 Å². The molecule has 8 nitrogen and oxygen atoms in total. The molecule has 0 aliphatic carbocycles. The Kier molecular flexibility index (Phi) is 2.75. The van der Waals surface area contributed by atoms with E-state index in [0.717, 1.165) is 0 Å². The van der Waals surface area contributed by atoms with Crippen LogP contribution in [-0.2, 0) is 16.1 Å². The first-order chi connectivity index (χ1) is 9.24. The molecule has 2 N–H and O–H groups in total. The summed E-state index contributed by atoms with van der Waals surface area (Å²) >= 11 is 0. The Labute approximate surface area is 107 Å². The van der Waals surface area contributed by atoms with Gasteiger partial charge in [-0.3, -0.25) is 14.9 Å². The summed E-state index contributed by atoms with van der Waals surface area (Å²) in [6, 6.07) is 2.82. The lowest BCUT2D eigenvalue weighted by Crippen LogP contribution is -2.39. The van der Waals surface area contributed by atoms with E-state index in [1.54, 1.807) is 12.1 Å². The highest BCUT2D eigenvalue weighted by molar-refractivity contribution is 5.95. The van der Waals surface area contributed by atoms with Gasteiger partial charge in [-0.1, -0.05) is 0 Å². The van der Waals surface area contributed by atoms with Crippen molar-refractivity contribution in [3.8, 4) is 0 Å². The van der Waals surface area contributed by atoms with E-state index >= 15 is 0 Å². The molecule has 0 fully saturated rings. The van der Waals surface area contributed by atoms with Crippen molar-refractivity contribution in [2.75, 3.05) is 5.32 Å². The number of fused-ring (bicyclic) bond motifs is 1. The zero-order valence-electron chi connectivity index (χ0n) is 9.87. The largest absolute Gasteiger partial charge is 0.467 e. The molecule has 2 amide bonds. The van der Waals surface area contributed by atoms with Crippen LogP contribution in [0, 0.1) is 0 Å². The number of rotatable bonds is 3. The molecule has 0 radical (unpaired) electrons. The maximum atomic E-state index is 12.1. The Bertz CT molecular complexity index is 604. The van der Waals surface area contributed by atoms with Gasteiger partial charge in [-0.2, -0.15) is 10.1 Å². The van der Waals surface area contributed by atoms with Gasteiger partial charge in [0.2, 0.25) is 17.8 Å². The highest BCUT2D eigenvalue weighted by Gasteiger charge is 2.31. The molecule has 0 saturated heterocycles. The fourth-order valence-corrected chi connectivity index (χ4v) is 1.91. The Morgan fingerprint density at radius 2 is 2.53 bits per heavy atom. The molecule has 2 aromatic heterocycles. The number of hydrogen-bond donors (Lipinski definition) is 2. The summed E-state index contributed by atoms with van der Waals surface area (Å²) in [5, 5.41) is 9.20. The van der Waals surface area contributed by atoms with Gasteiger partial charge in [-0.25, -0.2) is 4.68 Å². The van der Waals surface area contributed by atoms with Crippen LogP contribution in [0.3, 0.4) is 0 Å². The number of furan rings is 1. The second kappa shape index (κ2) is 4.56. The lowest BCUT2D eigenvalue weighted by molar-refractivity contribution is -0.129. The second-order valence-corrected chi connectivity index (χ2v) is 4.09. The molecule has 8 heteroatoms. The summed E-state index contributed by atoms with van der Waals surface area (Å²) in [4.78, 5) is 27.4. The van der Waals surface area contributed by atoms with Crippen molar-refractivity contribution in [2.24, 2.45) is 0 Å². The number of carbonyl (C=O) groups is 2. The van der Waals surface area contributed by atoms with Crippen molar-refractivity contribution in [1.29, 1.82) is 0 Å². The van der Waals surface area contributed by atoms with Crippen LogP contribution in [0.1, 0.15) is 18.2 Å². The first-order valence-electron chi connectivity index (χ1n) is 5.73. The van der Waals surface area contributed by atoms with Gasteiger partial charge in [0, 0.05) is 0 Å². The topological polar surface area (TPSA) is 102 Å². The molecular formula is C11H11N5O3. The van der Waals surface area contributed by atoms with Crippen molar-refractivity contribution in [2.45, 2.75) is 19.0 Å². The minimum Gasteiger partial charge on any atom is -0.467 e. The minimum absolute atomic E-state index is 0.0420. The predicted molar refractivity (Wildman–Crippen MR) is 62.9 cm³/mol. The lowest BCUT2D eigenvalue weighted by atomic mass is 10.1. The summed E-state index contributed by atoms with van der Waals surface area (Å²) in [5.41, 5.74) is 0. The minimum atomic E-state index is -0.679. The molecule has 3 heterocycles. The Hall–Kier alpha value is -2.64. The smallest absolute Gasteiger partial charge is 0.245 e. The number of hydrogen-bond acceptors (Lipinski definition) is 5. The quantitative estimate of drug-likeness (QED) is 0.814. The van der Waals surface area contributed by atoms with Gasteiger partial charge >= 0.3 is 0 Å². The first kappa shape index (κ1) is 11.5. The van der Waals surface area contributed by atoms with E-state index in [0.29, 0.717) is 5.76 Å². The van der Waals surface area contributed by atoms with E-state index in [4.69, 9.17) is 4.42 Å². The zero-order chi connectivity index (χ0) is 13.2. The summed E-state index contributed by atoms with van der Waals surface area (Å²) in [6.07, 6.45) is 2.87. The van der Waals surface area contributed by atoms with E-state index in [-0.39, 0.29) is 30.7 Å². The predicted octanol–water partition coefficient (Wildman–Crippen LogP) is 0.0708. The number of amides is 2. The molecular weight excluding hydrogens is 250 g/mol. The molecule has 0 aromatic carbocycles. The molecule has 2 aromatic rings. The Balaban J connectivity index is 1.72. The van der Waals surface area contributed by atoms with Crippen LogP contribution in [0.2, 0.25) is 0 Å². The molecule has 98 valence electrons. The Morgan fingerprint density at radius 3 is 3.32 bits per heavy atom. The van der Waals surface area contributed by atoms with Gasteiger partial charge in [-0.15, -0.1) is 0 Å². The third-order valence-corrected chi connectivity index (χ3v) is 2.82. The number of nitrogens with zero attached hydrogens (tertiary/aromatic N) is 3. The van der Waals surface area contributed by atoms with E-state index in [9.17, 15) is 9.59 Å². The van der Waals surface area contributed by atoms with Crippen LogP contribution in [-0.4, -0.2) is 26.6 Å². The van der Waals surface area contributed by atoms with Gasteiger partial charge in [0.05, 0.1) is 19.2 Å². The standard InChI is InChI=1S/C11H11N5O3/c17-9-4-8(16-11(15-9)13-6-14-16)10(18)12-5-7-2-1-3-19-7/h1-3,6,8H,4-5H2,(H,12,18)(H,13,14,15,17). The molecule has 3 rings (SSSR count). The van der Waals surface area contributed by atoms with Crippen molar-refractivity contribution in [3.63, 3.8) is 0 Å². The summed E-state index contributed by atoms with van der Waals surface area (Å²) < 4.78 is 6.52. The van der Waals surface area contributed by atoms with Crippen LogP contribution < -0.4 is 10.6 Å². The monoisotopic (exact) mass is 261 g/mol. The van der Waals surface area contributed by atoms with Crippen LogP contribution in [0.25, 0.3) is 0 Å². The third kappa shape index (κ3) is 2.19. The Morgan fingerprint density at radius 1 is 1.63 bits per heavy atom. The fourth-order valence-electron chi connectivity index (χ4n) is 1.91. The molecule has 0 bridgehead atoms. The number of nitrogens with one attached hydrogen (secondary N) is 2. The summed E-state index contributed by atoms with van der Waals surface area (Å²) in [5.74, 6) is 0.387. The van der Waals surface area contributed by atoms with Crippen LogP contribution >= 0.6 is 0 Å². The van der Waals surface area contributed by atoms with Crippen LogP contribution in [0.4, 0.5) is 5.95 Å². The maximum Gasteiger partial charge on any atom is 0.245 e. The van der Waals surface area contributed by atoms with Crippen LogP contribution in [0.15, 0.2) is 29.1 Å². The molecule has 1 aliphatic heterocycles. The zero-order valence-corrected chi connectivity index (χ0v) is 9.87. The average Bonchev–Trinajstić information content (AvgIpc) is 3.05. The van der Waals surface area contributed by atoms with E-state index in [1.165, 1.54) is 17.3 Å². The number of anilines is 1. The fraction of sp³-hybridized carbons (Fsp3) is 0.273. The van der Waals surface area contributed by atoms with Gasteiger partial charge in [0.1, 0.15) is 18.1 Å². The van der Waals surface area contributed by atoms with E-state index in [1.807, 2.05) is 0 Å². The molecule has 19 heavy (non-hydrogen) atoms. The lowest BCUT2D eigenvalue weighted by Gasteiger charge is -2.22. The molecule has 1 atom stereocenters. The third-order valence-electron chi connectivity index (χ3n) is 2.82. The van der Waals surface area contributed by atoms with E-state index in [2.05, 4.69) is 20.7 Å². The van der Waals surface area contributed by atoms with Gasteiger partial charge in [0.15, 0.2) is 0 Å². The second-order valence-electron chi connectivity index (χ2n) is 4.09. The van der Waals surface area contributed by atoms with Gasteiger partial charge < -0.3 is 9.73 Å².